The summed E-state index contributed by atoms with van der Waals surface area (Å²) in [6.07, 6.45) is 1.10. The lowest BCUT2D eigenvalue weighted by atomic mass is 9.81. The highest BCUT2D eigenvalue weighted by Crippen LogP contribution is 2.35. The van der Waals surface area contributed by atoms with Gasteiger partial charge in [-0.2, -0.15) is 0 Å². The third kappa shape index (κ3) is 3.48. The van der Waals surface area contributed by atoms with Crippen LogP contribution in [-0.2, 0) is 0 Å². The molecular formula is C18H18F2O. The molecule has 0 saturated carbocycles. The lowest BCUT2D eigenvalue weighted by Crippen LogP contribution is -2.10. The summed E-state index contributed by atoms with van der Waals surface area (Å²) in [5, 5.41) is 9.59. The smallest absolute Gasteiger partial charge is 0.123 e. The first kappa shape index (κ1) is 15.2. The molecule has 2 aromatic rings. The van der Waals surface area contributed by atoms with E-state index in [-0.39, 0.29) is 23.5 Å². The van der Waals surface area contributed by atoms with Gasteiger partial charge in [-0.25, -0.2) is 8.78 Å². The van der Waals surface area contributed by atoms with Crippen molar-refractivity contribution in [3.05, 3.63) is 83.1 Å². The standard InChI is InChI=1S/C18H18F2O/c1-12(2)17(11-21)18(13-3-7-15(19)8-4-13)14-5-9-16(20)10-6-14/h3-12,18,21H,1-2H3. The van der Waals surface area contributed by atoms with Crippen LogP contribution in [0.3, 0.4) is 0 Å². The molecule has 0 unspecified atom stereocenters. The van der Waals surface area contributed by atoms with Crippen molar-refractivity contribution >= 4 is 0 Å². The second-order valence-corrected chi connectivity index (χ2v) is 5.32. The topological polar surface area (TPSA) is 20.2 Å². The number of benzene rings is 2. The molecule has 0 spiro atoms. The Morgan fingerprint density at radius 2 is 1.24 bits per heavy atom. The van der Waals surface area contributed by atoms with Gasteiger partial charge in [-0.05, 0) is 46.9 Å². The Morgan fingerprint density at radius 3 is 1.52 bits per heavy atom. The Labute approximate surface area is 123 Å². The highest BCUT2D eigenvalue weighted by atomic mass is 19.1. The summed E-state index contributed by atoms with van der Waals surface area (Å²) >= 11 is 0. The number of halogens is 2. The highest BCUT2D eigenvalue weighted by molar-refractivity contribution is 5.41. The van der Waals surface area contributed by atoms with Gasteiger partial charge in [0.05, 0.1) is 6.26 Å². The zero-order valence-corrected chi connectivity index (χ0v) is 12.1. The maximum Gasteiger partial charge on any atom is 0.123 e. The van der Waals surface area contributed by atoms with Crippen LogP contribution < -0.4 is 0 Å². The van der Waals surface area contributed by atoms with E-state index in [1.807, 2.05) is 13.8 Å². The summed E-state index contributed by atoms with van der Waals surface area (Å²) in [6.45, 7) is 3.95. The van der Waals surface area contributed by atoms with Crippen molar-refractivity contribution in [3.63, 3.8) is 0 Å². The van der Waals surface area contributed by atoms with Crippen LogP contribution in [0, 0.1) is 17.6 Å². The maximum absolute atomic E-state index is 13.1. The van der Waals surface area contributed by atoms with Crippen molar-refractivity contribution in [2.75, 3.05) is 0 Å². The number of hydrogen-bond donors (Lipinski definition) is 1. The Kier molecular flexibility index (Phi) is 4.73. The lowest BCUT2D eigenvalue weighted by Gasteiger charge is -2.23. The van der Waals surface area contributed by atoms with Crippen molar-refractivity contribution < 1.29 is 13.9 Å². The molecule has 0 bridgehead atoms. The van der Waals surface area contributed by atoms with Gasteiger partial charge in [0.25, 0.3) is 0 Å². The number of allylic oxidation sites excluding steroid dienone is 1. The zero-order valence-electron chi connectivity index (χ0n) is 12.1. The van der Waals surface area contributed by atoms with Gasteiger partial charge in [0.2, 0.25) is 0 Å². The van der Waals surface area contributed by atoms with Gasteiger partial charge >= 0.3 is 0 Å². The molecule has 0 atom stereocenters. The minimum atomic E-state index is -0.310. The summed E-state index contributed by atoms with van der Waals surface area (Å²) in [6, 6.07) is 12.3. The van der Waals surface area contributed by atoms with Crippen LogP contribution in [0.1, 0.15) is 30.9 Å². The van der Waals surface area contributed by atoms with Crippen LogP contribution in [0.5, 0.6) is 0 Å². The summed E-state index contributed by atoms with van der Waals surface area (Å²) in [5.74, 6) is -0.738. The molecule has 110 valence electrons. The Morgan fingerprint density at radius 1 is 0.857 bits per heavy atom. The van der Waals surface area contributed by atoms with Gasteiger partial charge in [-0.1, -0.05) is 38.1 Å². The van der Waals surface area contributed by atoms with E-state index in [1.54, 1.807) is 24.3 Å². The Hall–Kier alpha value is -2.16. The Bertz CT molecular complexity index is 567. The molecule has 0 fully saturated rings. The molecule has 0 aliphatic carbocycles. The average molecular weight is 288 g/mol. The minimum absolute atomic E-state index is 0.107. The molecule has 1 nitrogen and oxygen atoms in total. The fraction of sp³-hybridized carbons (Fsp3) is 0.222. The van der Waals surface area contributed by atoms with Gasteiger partial charge in [-0.15, -0.1) is 0 Å². The monoisotopic (exact) mass is 288 g/mol. The van der Waals surface area contributed by atoms with E-state index in [4.69, 9.17) is 0 Å². The third-order valence-electron chi connectivity index (χ3n) is 3.56. The van der Waals surface area contributed by atoms with Crippen LogP contribution in [0.25, 0.3) is 0 Å². The molecule has 3 heteroatoms. The van der Waals surface area contributed by atoms with E-state index in [0.717, 1.165) is 23.0 Å². The predicted molar refractivity (Wildman–Crippen MR) is 80.2 cm³/mol. The summed E-state index contributed by atoms with van der Waals surface area (Å²) in [7, 11) is 0. The highest BCUT2D eigenvalue weighted by Gasteiger charge is 2.21. The molecular weight excluding hydrogens is 270 g/mol. The van der Waals surface area contributed by atoms with Crippen LogP contribution in [0.2, 0.25) is 0 Å². The predicted octanol–water partition coefficient (Wildman–Crippen LogP) is 5.19. The molecule has 0 aromatic heterocycles. The van der Waals surface area contributed by atoms with E-state index in [2.05, 4.69) is 0 Å². The zero-order chi connectivity index (χ0) is 15.4. The average Bonchev–Trinajstić information content (AvgIpc) is 2.46. The van der Waals surface area contributed by atoms with Crippen molar-refractivity contribution in [2.24, 2.45) is 5.92 Å². The number of aliphatic hydroxyl groups excluding tert-OH is 1. The third-order valence-corrected chi connectivity index (χ3v) is 3.56. The molecule has 0 heterocycles. The lowest BCUT2D eigenvalue weighted by molar-refractivity contribution is 0.452. The SMILES string of the molecule is CC(C)C(=CO)C(c1ccc(F)cc1)c1ccc(F)cc1. The fourth-order valence-corrected chi connectivity index (χ4v) is 2.44. The van der Waals surface area contributed by atoms with Crippen molar-refractivity contribution in [2.45, 2.75) is 19.8 Å². The van der Waals surface area contributed by atoms with Crippen LogP contribution >= 0.6 is 0 Å². The van der Waals surface area contributed by atoms with Gasteiger partial charge < -0.3 is 5.11 Å². The van der Waals surface area contributed by atoms with E-state index in [1.165, 1.54) is 24.3 Å². The number of rotatable bonds is 4. The molecule has 0 aliphatic heterocycles. The summed E-state index contributed by atoms with van der Waals surface area (Å²) in [5.41, 5.74) is 2.52. The molecule has 0 aliphatic rings. The van der Waals surface area contributed by atoms with Crippen molar-refractivity contribution in [1.82, 2.24) is 0 Å². The Balaban J connectivity index is 2.53. The van der Waals surface area contributed by atoms with E-state index in [0.29, 0.717) is 0 Å². The summed E-state index contributed by atoms with van der Waals surface area (Å²) in [4.78, 5) is 0. The minimum Gasteiger partial charge on any atom is -0.516 e. The second kappa shape index (κ2) is 6.53. The first-order valence-electron chi connectivity index (χ1n) is 6.88. The quantitative estimate of drug-likeness (QED) is 0.767. The molecule has 21 heavy (non-hydrogen) atoms. The van der Waals surface area contributed by atoms with Gasteiger partial charge in [-0.3, -0.25) is 0 Å². The number of aliphatic hydroxyl groups is 1. The maximum atomic E-state index is 13.1. The van der Waals surface area contributed by atoms with Crippen molar-refractivity contribution in [1.29, 1.82) is 0 Å². The summed E-state index contributed by atoms with van der Waals surface area (Å²) < 4.78 is 26.3. The van der Waals surface area contributed by atoms with E-state index in [9.17, 15) is 13.9 Å². The van der Waals surface area contributed by atoms with E-state index < -0.39 is 0 Å². The first-order chi connectivity index (χ1) is 10.0. The van der Waals surface area contributed by atoms with Gasteiger partial charge in [0.1, 0.15) is 11.6 Å². The van der Waals surface area contributed by atoms with Gasteiger partial charge in [0.15, 0.2) is 0 Å². The molecule has 0 radical (unpaired) electrons. The van der Waals surface area contributed by atoms with Crippen molar-refractivity contribution in [3.8, 4) is 0 Å². The molecule has 2 rings (SSSR count). The second-order valence-electron chi connectivity index (χ2n) is 5.32. The van der Waals surface area contributed by atoms with Crippen LogP contribution in [0.15, 0.2) is 60.4 Å². The van der Waals surface area contributed by atoms with Crippen LogP contribution in [-0.4, -0.2) is 5.11 Å². The molecule has 0 amide bonds. The molecule has 0 saturated heterocycles. The normalized spacial score (nSPS) is 12.2. The molecule has 2 aromatic carbocycles. The fourth-order valence-electron chi connectivity index (χ4n) is 2.44. The molecule has 1 N–H and O–H groups in total. The van der Waals surface area contributed by atoms with E-state index >= 15 is 0 Å². The first-order valence-corrected chi connectivity index (χ1v) is 6.88. The largest absolute Gasteiger partial charge is 0.516 e. The van der Waals surface area contributed by atoms with Gasteiger partial charge in [0, 0.05) is 5.92 Å². The van der Waals surface area contributed by atoms with Crippen LogP contribution in [0.4, 0.5) is 8.78 Å². The number of hydrogen-bond acceptors (Lipinski definition) is 1.